The first-order valence-corrected chi connectivity index (χ1v) is 9.82. The average Bonchev–Trinajstić information content (AvgIpc) is 3.16. The van der Waals surface area contributed by atoms with E-state index in [9.17, 15) is 5.11 Å². The van der Waals surface area contributed by atoms with Crippen LogP contribution in [0.25, 0.3) is 10.2 Å². The molecule has 2 heterocycles. The highest BCUT2D eigenvalue weighted by molar-refractivity contribution is 7.19. The van der Waals surface area contributed by atoms with E-state index in [4.69, 9.17) is 4.74 Å². The Morgan fingerprint density at radius 2 is 2.08 bits per heavy atom. The summed E-state index contributed by atoms with van der Waals surface area (Å²) in [5, 5.41) is 13.9. The normalized spacial score (nSPS) is 26.7. The Labute approximate surface area is 146 Å². The van der Waals surface area contributed by atoms with E-state index in [2.05, 4.69) is 15.3 Å². The van der Waals surface area contributed by atoms with Crippen molar-refractivity contribution in [3.05, 3.63) is 16.8 Å². The third kappa shape index (κ3) is 2.91. The van der Waals surface area contributed by atoms with Gasteiger partial charge in [-0.15, -0.1) is 11.3 Å². The van der Waals surface area contributed by atoms with Crippen LogP contribution in [0.5, 0.6) is 5.88 Å². The lowest BCUT2D eigenvalue weighted by molar-refractivity contribution is 0.137. The van der Waals surface area contributed by atoms with Gasteiger partial charge in [-0.25, -0.2) is 9.97 Å². The second kappa shape index (κ2) is 6.94. The summed E-state index contributed by atoms with van der Waals surface area (Å²) in [6.45, 7) is 0.235. The third-order valence-corrected chi connectivity index (χ3v) is 6.71. The van der Waals surface area contributed by atoms with Gasteiger partial charge in [-0.2, -0.15) is 0 Å². The molecule has 130 valence electrons. The van der Waals surface area contributed by atoms with Crippen LogP contribution in [0, 0.1) is 0 Å². The fourth-order valence-electron chi connectivity index (χ4n) is 4.20. The summed E-state index contributed by atoms with van der Waals surface area (Å²) in [6, 6.07) is 0.620. The lowest BCUT2D eigenvalue weighted by atomic mass is 9.93. The zero-order valence-electron chi connectivity index (χ0n) is 14.1. The highest BCUT2D eigenvalue weighted by Crippen LogP contribution is 2.47. The molecule has 0 saturated heterocycles. The van der Waals surface area contributed by atoms with Gasteiger partial charge >= 0.3 is 0 Å². The van der Waals surface area contributed by atoms with Gasteiger partial charge < -0.3 is 15.2 Å². The van der Waals surface area contributed by atoms with Crippen LogP contribution >= 0.6 is 11.3 Å². The largest absolute Gasteiger partial charge is 0.474 e. The molecule has 24 heavy (non-hydrogen) atoms. The van der Waals surface area contributed by atoms with Crippen molar-refractivity contribution in [2.75, 3.05) is 13.7 Å². The molecular weight excluding hydrogens is 322 g/mol. The minimum Gasteiger partial charge on any atom is -0.474 e. The number of rotatable bonds is 5. The van der Waals surface area contributed by atoms with Gasteiger partial charge in [-0.1, -0.05) is 0 Å². The zero-order chi connectivity index (χ0) is 16.5. The summed E-state index contributed by atoms with van der Waals surface area (Å²) in [6.07, 6.45) is 9.37. The molecule has 0 radical (unpaired) electrons. The fourth-order valence-corrected chi connectivity index (χ4v) is 5.43. The first-order valence-electron chi connectivity index (χ1n) is 9.01. The standard InChI is InChI=1S/C18H25N3O2S/c1-19-12-3-5-13(6-4-12)23-17-16-15-11(8-9-22)2-7-14(15)24-18(16)21-10-20-17/h10-13,19,22H,2-9H2,1H3/t11-,12-,13-/m1/s1. The van der Waals surface area contributed by atoms with Crippen molar-refractivity contribution in [2.45, 2.75) is 63.0 Å². The monoisotopic (exact) mass is 347 g/mol. The molecule has 0 unspecified atom stereocenters. The Hall–Kier alpha value is -1.24. The van der Waals surface area contributed by atoms with E-state index in [1.165, 1.54) is 10.4 Å². The first kappa shape index (κ1) is 16.2. The molecule has 1 atom stereocenters. The molecule has 1 fully saturated rings. The molecule has 0 aliphatic heterocycles. The van der Waals surface area contributed by atoms with Gasteiger partial charge in [0.25, 0.3) is 0 Å². The van der Waals surface area contributed by atoms with Crippen LogP contribution in [-0.2, 0) is 6.42 Å². The lowest BCUT2D eigenvalue weighted by Gasteiger charge is -2.28. The van der Waals surface area contributed by atoms with Crippen LogP contribution in [0.3, 0.4) is 0 Å². The molecule has 2 N–H and O–H groups in total. The number of nitrogens with zero attached hydrogens (tertiary/aromatic N) is 2. The predicted octanol–water partition coefficient (Wildman–Crippen LogP) is 3.01. The maximum Gasteiger partial charge on any atom is 0.225 e. The van der Waals surface area contributed by atoms with Crippen LogP contribution < -0.4 is 10.1 Å². The zero-order valence-corrected chi connectivity index (χ0v) is 14.9. The number of aromatic nitrogens is 2. The first-order chi connectivity index (χ1) is 11.8. The van der Waals surface area contributed by atoms with E-state index in [0.717, 1.165) is 61.0 Å². The molecule has 0 bridgehead atoms. The van der Waals surface area contributed by atoms with Gasteiger partial charge in [0, 0.05) is 17.5 Å². The third-order valence-electron chi connectivity index (χ3n) is 5.53. The Morgan fingerprint density at radius 3 is 2.83 bits per heavy atom. The van der Waals surface area contributed by atoms with E-state index >= 15 is 0 Å². The number of aliphatic hydroxyl groups excluding tert-OH is 1. The van der Waals surface area contributed by atoms with E-state index < -0.39 is 0 Å². The van der Waals surface area contributed by atoms with Gasteiger partial charge in [0.15, 0.2) is 0 Å². The van der Waals surface area contributed by atoms with Crippen molar-refractivity contribution < 1.29 is 9.84 Å². The van der Waals surface area contributed by atoms with Crippen molar-refractivity contribution in [3.8, 4) is 5.88 Å². The van der Waals surface area contributed by atoms with Crippen LogP contribution in [-0.4, -0.2) is 40.9 Å². The molecule has 2 aliphatic carbocycles. The Bertz CT molecular complexity index is 710. The van der Waals surface area contributed by atoms with E-state index in [0.29, 0.717) is 12.0 Å². The van der Waals surface area contributed by atoms with Crippen molar-refractivity contribution in [3.63, 3.8) is 0 Å². The van der Waals surface area contributed by atoms with Gasteiger partial charge in [0.2, 0.25) is 5.88 Å². The molecule has 2 aromatic heterocycles. The van der Waals surface area contributed by atoms with E-state index in [1.807, 2.05) is 7.05 Å². The topological polar surface area (TPSA) is 67.3 Å². The molecule has 6 heteroatoms. The maximum atomic E-state index is 9.38. The number of hydrogen-bond acceptors (Lipinski definition) is 6. The smallest absolute Gasteiger partial charge is 0.225 e. The van der Waals surface area contributed by atoms with Crippen molar-refractivity contribution >= 4 is 21.6 Å². The molecule has 0 spiro atoms. The molecule has 0 aromatic carbocycles. The molecule has 0 amide bonds. The maximum absolute atomic E-state index is 9.38. The average molecular weight is 347 g/mol. The molecule has 2 aromatic rings. The molecular formula is C18H25N3O2S. The van der Waals surface area contributed by atoms with Crippen LogP contribution in [0.1, 0.15) is 54.9 Å². The van der Waals surface area contributed by atoms with Crippen LogP contribution in [0.2, 0.25) is 0 Å². The number of fused-ring (bicyclic) bond motifs is 3. The van der Waals surface area contributed by atoms with E-state index in [1.54, 1.807) is 17.7 Å². The number of thiophene rings is 1. The second-order valence-corrected chi connectivity index (χ2v) is 8.01. The fraction of sp³-hybridized carbons (Fsp3) is 0.667. The van der Waals surface area contributed by atoms with Gasteiger partial charge in [0.05, 0.1) is 5.39 Å². The number of aryl methyl sites for hydroxylation is 1. The molecule has 4 rings (SSSR count). The SMILES string of the molecule is CN[C@H]1CC[C@H](Oc2ncnc3sc4c(c23)[C@@H](CCO)CC4)CC1. The predicted molar refractivity (Wildman–Crippen MR) is 95.9 cm³/mol. The minimum absolute atomic E-state index is 0.235. The van der Waals surface area contributed by atoms with E-state index in [-0.39, 0.29) is 12.7 Å². The number of aliphatic hydroxyl groups is 1. The summed E-state index contributed by atoms with van der Waals surface area (Å²) in [5.41, 5.74) is 1.35. The summed E-state index contributed by atoms with van der Waals surface area (Å²) >= 11 is 1.77. The highest BCUT2D eigenvalue weighted by Gasteiger charge is 2.30. The van der Waals surface area contributed by atoms with Gasteiger partial charge in [0.1, 0.15) is 17.3 Å². The van der Waals surface area contributed by atoms with Crippen molar-refractivity contribution in [1.82, 2.24) is 15.3 Å². The number of hydrogen-bond donors (Lipinski definition) is 2. The molecule has 1 saturated carbocycles. The summed E-state index contributed by atoms with van der Waals surface area (Å²) < 4.78 is 6.34. The highest BCUT2D eigenvalue weighted by atomic mass is 32.1. The van der Waals surface area contributed by atoms with Crippen LogP contribution in [0.15, 0.2) is 6.33 Å². The Balaban J connectivity index is 1.62. The minimum atomic E-state index is 0.235. The lowest BCUT2D eigenvalue weighted by Crippen LogP contribution is -2.34. The number of ether oxygens (including phenoxy) is 1. The molecule has 2 aliphatic rings. The Kier molecular flexibility index (Phi) is 4.70. The Morgan fingerprint density at radius 1 is 1.25 bits per heavy atom. The number of nitrogens with one attached hydrogen (secondary N) is 1. The summed E-state index contributed by atoms with van der Waals surface area (Å²) in [4.78, 5) is 11.4. The second-order valence-electron chi connectivity index (χ2n) is 6.93. The summed E-state index contributed by atoms with van der Waals surface area (Å²) in [5.74, 6) is 1.18. The summed E-state index contributed by atoms with van der Waals surface area (Å²) in [7, 11) is 2.04. The van der Waals surface area contributed by atoms with Crippen molar-refractivity contribution in [1.29, 1.82) is 0 Å². The van der Waals surface area contributed by atoms with Gasteiger partial charge in [-0.05, 0) is 63.5 Å². The quantitative estimate of drug-likeness (QED) is 0.870. The van der Waals surface area contributed by atoms with Crippen molar-refractivity contribution in [2.24, 2.45) is 0 Å². The van der Waals surface area contributed by atoms with Crippen LogP contribution in [0.4, 0.5) is 0 Å². The molecule has 5 nitrogen and oxygen atoms in total. The van der Waals surface area contributed by atoms with Gasteiger partial charge in [-0.3, -0.25) is 0 Å².